The normalized spacial score (nSPS) is 10.3. The van der Waals surface area contributed by atoms with Gasteiger partial charge in [0.2, 0.25) is 0 Å². The third kappa shape index (κ3) is 4.00. The minimum absolute atomic E-state index is 0.0358. The maximum absolute atomic E-state index is 13.4. The number of carbonyl (C=O) groups excluding carboxylic acids is 1. The van der Waals surface area contributed by atoms with Crippen LogP contribution in [0.1, 0.15) is 5.69 Å². The molecule has 0 saturated carbocycles. The molecule has 1 aromatic heterocycles. The molecule has 2 rings (SSSR count). The summed E-state index contributed by atoms with van der Waals surface area (Å²) in [5.74, 6) is -0.863. The summed E-state index contributed by atoms with van der Waals surface area (Å²) in [5, 5.41) is 4.90. The van der Waals surface area contributed by atoms with Crippen LogP contribution in [-0.2, 0) is 4.79 Å². The first kappa shape index (κ1) is 14.0. The van der Waals surface area contributed by atoms with Gasteiger partial charge in [-0.1, -0.05) is 15.9 Å². The van der Waals surface area contributed by atoms with E-state index in [1.54, 1.807) is 6.07 Å². The molecular weight excluding hydrogens is 335 g/mol. The van der Waals surface area contributed by atoms with Gasteiger partial charge >= 0.3 is 0 Å². The maximum Gasteiger partial charge on any atom is 0.264 e. The lowest BCUT2D eigenvalue weighted by Crippen LogP contribution is -2.20. The zero-order valence-electron chi connectivity index (χ0n) is 9.94. The number of amides is 1. The van der Waals surface area contributed by atoms with Gasteiger partial charge in [-0.15, -0.1) is 11.3 Å². The lowest BCUT2D eigenvalue weighted by Gasteiger charge is -2.06. The van der Waals surface area contributed by atoms with E-state index in [-0.39, 0.29) is 18.3 Å². The zero-order chi connectivity index (χ0) is 13.8. The highest BCUT2D eigenvalue weighted by Gasteiger charge is 2.09. The Balaban J connectivity index is 1.89. The number of anilines is 1. The molecule has 0 fully saturated rings. The number of hydrogen-bond donors (Lipinski definition) is 1. The van der Waals surface area contributed by atoms with Crippen LogP contribution in [-0.4, -0.2) is 17.5 Å². The van der Waals surface area contributed by atoms with Crippen molar-refractivity contribution in [1.82, 2.24) is 4.98 Å². The van der Waals surface area contributed by atoms with Crippen LogP contribution in [0.15, 0.2) is 28.1 Å². The average molecular weight is 345 g/mol. The van der Waals surface area contributed by atoms with E-state index in [0.29, 0.717) is 9.60 Å². The molecule has 0 radical (unpaired) electrons. The van der Waals surface area contributed by atoms with Crippen molar-refractivity contribution in [3.05, 3.63) is 39.6 Å². The van der Waals surface area contributed by atoms with E-state index < -0.39 is 5.82 Å². The molecule has 1 heterocycles. The summed E-state index contributed by atoms with van der Waals surface area (Å²) < 4.78 is 19.1. The van der Waals surface area contributed by atoms with E-state index in [4.69, 9.17) is 4.74 Å². The SMILES string of the molecule is Cc1csc(NC(=O)COc2ccc(Br)cc2F)n1. The second kappa shape index (κ2) is 6.12. The Labute approximate surface area is 121 Å². The van der Waals surface area contributed by atoms with Gasteiger partial charge in [0.1, 0.15) is 0 Å². The van der Waals surface area contributed by atoms with Crippen molar-refractivity contribution in [2.75, 3.05) is 11.9 Å². The first-order chi connectivity index (χ1) is 9.04. The molecule has 0 atom stereocenters. The summed E-state index contributed by atoms with van der Waals surface area (Å²) in [5.41, 5.74) is 0.833. The van der Waals surface area contributed by atoms with E-state index in [1.165, 1.54) is 23.5 Å². The molecule has 7 heteroatoms. The molecule has 0 saturated heterocycles. The Kier molecular flexibility index (Phi) is 4.49. The van der Waals surface area contributed by atoms with Gasteiger partial charge in [0.25, 0.3) is 5.91 Å². The number of nitrogens with one attached hydrogen (secondary N) is 1. The van der Waals surface area contributed by atoms with Crippen molar-refractivity contribution >= 4 is 38.3 Å². The van der Waals surface area contributed by atoms with Gasteiger partial charge in [-0.3, -0.25) is 10.1 Å². The van der Waals surface area contributed by atoms with Gasteiger partial charge in [0.15, 0.2) is 23.3 Å². The van der Waals surface area contributed by atoms with Gasteiger partial charge in [-0.05, 0) is 25.1 Å². The molecule has 1 N–H and O–H groups in total. The van der Waals surface area contributed by atoms with Crippen LogP contribution in [0.3, 0.4) is 0 Å². The van der Waals surface area contributed by atoms with Crippen LogP contribution >= 0.6 is 27.3 Å². The highest BCUT2D eigenvalue weighted by Crippen LogP contribution is 2.21. The van der Waals surface area contributed by atoms with Crippen molar-refractivity contribution < 1.29 is 13.9 Å². The second-order valence-corrected chi connectivity index (χ2v) is 5.48. The summed E-state index contributed by atoms with van der Waals surface area (Å²) in [4.78, 5) is 15.7. The number of nitrogens with zero attached hydrogens (tertiary/aromatic N) is 1. The Bertz CT molecular complexity index is 603. The van der Waals surface area contributed by atoms with Crippen LogP contribution in [0.2, 0.25) is 0 Å². The molecule has 0 bridgehead atoms. The number of carbonyl (C=O) groups is 1. The van der Waals surface area contributed by atoms with Gasteiger partial charge in [-0.25, -0.2) is 9.37 Å². The highest BCUT2D eigenvalue weighted by atomic mass is 79.9. The number of hydrogen-bond acceptors (Lipinski definition) is 4. The number of halogens is 2. The fraction of sp³-hybridized carbons (Fsp3) is 0.167. The third-order valence-corrected chi connectivity index (χ3v) is 3.49. The van der Waals surface area contributed by atoms with Crippen molar-refractivity contribution in [1.29, 1.82) is 0 Å². The van der Waals surface area contributed by atoms with Crippen LogP contribution < -0.4 is 10.1 Å². The third-order valence-electron chi connectivity index (χ3n) is 2.12. The molecular formula is C12H10BrFN2O2S. The fourth-order valence-corrected chi connectivity index (χ4v) is 2.34. The van der Waals surface area contributed by atoms with Gasteiger partial charge in [0, 0.05) is 9.85 Å². The Morgan fingerprint density at radius 1 is 1.58 bits per heavy atom. The van der Waals surface area contributed by atoms with E-state index in [0.717, 1.165) is 5.69 Å². The summed E-state index contributed by atoms with van der Waals surface area (Å²) in [6, 6.07) is 4.37. The molecule has 19 heavy (non-hydrogen) atoms. The second-order valence-electron chi connectivity index (χ2n) is 3.71. The molecule has 1 aromatic carbocycles. The van der Waals surface area contributed by atoms with Gasteiger partial charge in [-0.2, -0.15) is 0 Å². The van der Waals surface area contributed by atoms with Crippen LogP contribution in [0.5, 0.6) is 5.75 Å². The topological polar surface area (TPSA) is 51.2 Å². The van der Waals surface area contributed by atoms with E-state index in [2.05, 4.69) is 26.2 Å². The molecule has 1 amide bonds. The fourth-order valence-electron chi connectivity index (χ4n) is 1.30. The number of ether oxygens (including phenoxy) is 1. The minimum atomic E-state index is -0.521. The predicted octanol–water partition coefficient (Wildman–Crippen LogP) is 3.37. The largest absolute Gasteiger partial charge is 0.481 e. The first-order valence-electron chi connectivity index (χ1n) is 5.34. The highest BCUT2D eigenvalue weighted by molar-refractivity contribution is 9.10. The molecule has 0 aliphatic heterocycles. The van der Waals surface area contributed by atoms with Crippen molar-refractivity contribution in [3.8, 4) is 5.75 Å². The molecule has 100 valence electrons. The van der Waals surface area contributed by atoms with Gasteiger partial charge in [0.05, 0.1) is 5.69 Å². The Morgan fingerprint density at radius 2 is 2.37 bits per heavy atom. The van der Waals surface area contributed by atoms with E-state index in [9.17, 15) is 9.18 Å². The number of thiazole rings is 1. The summed E-state index contributed by atoms with van der Waals surface area (Å²) in [6.45, 7) is 1.57. The number of aryl methyl sites for hydroxylation is 1. The number of benzene rings is 1. The molecule has 0 unspecified atom stereocenters. The quantitative estimate of drug-likeness (QED) is 0.924. The lowest BCUT2D eigenvalue weighted by molar-refractivity contribution is -0.118. The minimum Gasteiger partial charge on any atom is -0.481 e. The molecule has 0 aliphatic rings. The standard InChI is InChI=1S/C12H10BrFN2O2S/c1-7-6-19-12(15-7)16-11(17)5-18-10-3-2-8(13)4-9(10)14/h2-4,6H,5H2,1H3,(H,15,16,17). The number of aromatic nitrogens is 1. The molecule has 0 aliphatic carbocycles. The number of rotatable bonds is 4. The summed E-state index contributed by atoms with van der Waals surface area (Å²) >= 11 is 4.47. The monoisotopic (exact) mass is 344 g/mol. The van der Waals surface area contributed by atoms with Crippen LogP contribution in [0.4, 0.5) is 9.52 Å². The predicted molar refractivity (Wildman–Crippen MR) is 75.1 cm³/mol. The summed E-state index contributed by atoms with van der Waals surface area (Å²) in [7, 11) is 0. The molecule has 2 aromatic rings. The Morgan fingerprint density at radius 3 is 3.00 bits per heavy atom. The zero-order valence-corrected chi connectivity index (χ0v) is 12.3. The maximum atomic E-state index is 13.4. The van der Waals surface area contributed by atoms with E-state index >= 15 is 0 Å². The smallest absolute Gasteiger partial charge is 0.264 e. The van der Waals surface area contributed by atoms with Crippen molar-refractivity contribution in [2.45, 2.75) is 6.92 Å². The van der Waals surface area contributed by atoms with Crippen molar-refractivity contribution in [3.63, 3.8) is 0 Å². The molecule has 4 nitrogen and oxygen atoms in total. The van der Waals surface area contributed by atoms with Crippen LogP contribution in [0.25, 0.3) is 0 Å². The van der Waals surface area contributed by atoms with E-state index in [1.807, 2.05) is 12.3 Å². The van der Waals surface area contributed by atoms with Crippen molar-refractivity contribution in [2.24, 2.45) is 0 Å². The average Bonchev–Trinajstić information content (AvgIpc) is 2.73. The Hall–Kier alpha value is -1.47. The molecule has 0 spiro atoms. The van der Waals surface area contributed by atoms with Gasteiger partial charge < -0.3 is 4.74 Å². The summed E-state index contributed by atoms with van der Waals surface area (Å²) in [6.07, 6.45) is 0. The first-order valence-corrected chi connectivity index (χ1v) is 7.01. The lowest BCUT2D eigenvalue weighted by atomic mass is 10.3. The van der Waals surface area contributed by atoms with Crippen LogP contribution in [0, 0.1) is 12.7 Å².